The standard InChI is InChI=1S/C32H30N8O13S4/c1-18-3-12-28(52-2)26(15-18)38-40-32-30(33)27(17-29(31(32)34)56(46,47)48)39-37-24-10-11-25(23-16-21(55(43,44)45)8-9-22(23)24)36-35-19-4-6-20(7-5-19)54(41,42)14-13-53-57(49,50)51/h3-12,15-17H,13-14,33-34H2,1-2H3,(H,43,44,45)(H,46,47,48)(H,49,50,51). The van der Waals surface area contributed by atoms with E-state index in [0.29, 0.717) is 5.75 Å². The quantitative estimate of drug-likeness (QED) is 0.0443. The van der Waals surface area contributed by atoms with Gasteiger partial charge in [0.2, 0.25) is 0 Å². The Bertz CT molecular complexity index is 2940. The number of nitrogens with two attached hydrogens (primary N) is 2. The fourth-order valence-corrected chi connectivity index (χ4v) is 7.62. The molecule has 0 aromatic heterocycles. The molecule has 0 bridgehead atoms. The Labute approximate surface area is 325 Å². The second kappa shape index (κ2) is 16.4. The lowest BCUT2D eigenvalue weighted by molar-refractivity contribution is 0.284. The Morgan fingerprint density at radius 1 is 0.596 bits per heavy atom. The smallest absolute Gasteiger partial charge is 0.397 e. The highest BCUT2D eigenvalue weighted by molar-refractivity contribution is 7.91. The summed E-state index contributed by atoms with van der Waals surface area (Å²) in [6.07, 6.45) is 0. The van der Waals surface area contributed by atoms with Crippen LogP contribution < -0.4 is 16.2 Å². The molecule has 21 nitrogen and oxygen atoms in total. The van der Waals surface area contributed by atoms with Crippen molar-refractivity contribution in [2.75, 3.05) is 30.9 Å². The average Bonchev–Trinajstić information content (AvgIpc) is 3.12. The van der Waals surface area contributed by atoms with Gasteiger partial charge in [-0.15, -0.1) is 25.6 Å². The first kappa shape index (κ1) is 42.3. The van der Waals surface area contributed by atoms with Gasteiger partial charge in [0.05, 0.1) is 57.7 Å². The van der Waals surface area contributed by atoms with Crippen LogP contribution in [0, 0.1) is 6.92 Å². The molecule has 0 radical (unpaired) electrons. The van der Waals surface area contributed by atoms with Crippen LogP contribution in [-0.2, 0) is 44.7 Å². The van der Waals surface area contributed by atoms with E-state index < -0.39 is 68.3 Å². The third-order valence-electron chi connectivity index (χ3n) is 7.75. The van der Waals surface area contributed by atoms with Gasteiger partial charge in [-0.05, 0) is 79.2 Å². The molecule has 0 unspecified atom stereocenters. The first-order chi connectivity index (χ1) is 26.6. The highest BCUT2D eigenvalue weighted by Crippen LogP contribution is 2.44. The van der Waals surface area contributed by atoms with E-state index in [2.05, 4.69) is 34.9 Å². The Balaban J connectivity index is 1.54. The van der Waals surface area contributed by atoms with Crippen molar-refractivity contribution in [2.24, 2.45) is 30.7 Å². The first-order valence-corrected chi connectivity index (χ1v) is 21.6. The maximum absolute atomic E-state index is 12.5. The molecule has 0 aliphatic carbocycles. The van der Waals surface area contributed by atoms with E-state index >= 15 is 0 Å². The number of rotatable bonds is 14. The molecule has 0 aliphatic rings. The van der Waals surface area contributed by atoms with Crippen LogP contribution in [0.5, 0.6) is 5.75 Å². The van der Waals surface area contributed by atoms with Crippen LogP contribution in [-0.4, -0.2) is 66.8 Å². The maximum Gasteiger partial charge on any atom is 0.397 e. The van der Waals surface area contributed by atoms with E-state index in [1.54, 1.807) is 25.1 Å². The SMILES string of the molecule is COc1ccc(C)cc1N=Nc1c(N)c(N=Nc2ccc(N=Nc3ccc(S(=O)(=O)CCOS(=O)(=O)O)cc3)c3cc(S(=O)(=O)O)ccc23)cc(S(=O)(=O)O)c1N. The summed E-state index contributed by atoms with van der Waals surface area (Å²) in [6, 6.07) is 16.9. The molecular weight excluding hydrogens is 833 g/mol. The van der Waals surface area contributed by atoms with Crippen molar-refractivity contribution in [3.8, 4) is 5.75 Å². The van der Waals surface area contributed by atoms with Crippen LogP contribution in [0.25, 0.3) is 10.8 Å². The first-order valence-electron chi connectivity index (χ1n) is 15.7. The molecule has 0 heterocycles. The molecule has 5 aromatic rings. The van der Waals surface area contributed by atoms with Gasteiger partial charge in [-0.25, -0.2) is 12.6 Å². The van der Waals surface area contributed by atoms with Gasteiger partial charge in [0, 0.05) is 10.8 Å². The lowest BCUT2D eigenvalue weighted by Gasteiger charge is -2.11. The number of anilines is 2. The zero-order valence-corrected chi connectivity index (χ0v) is 32.6. The number of azo groups is 3. The van der Waals surface area contributed by atoms with Crippen LogP contribution in [0.15, 0.2) is 124 Å². The van der Waals surface area contributed by atoms with E-state index in [1.165, 1.54) is 37.4 Å². The number of benzene rings is 5. The van der Waals surface area contributed by atoms with Crippen molar-refractivity contribution in [2.45, 2.75) is 21.6 Å². The number of hydrogen-bond donors (Lipinski definition) is 5. The van der Waals surface area contributed by atoms with Crippen molar-refractivity contribution >= 4 is 96.7 Å². The maximum atomic E-state index is 12.5. The fraction of sp³-hybridized carbons (Fsp3) is 0.125. The van der Waals surface area contributed by atoms with Gasteiger partial charge in [-0.1, -0.05) is 12.1 Å². The number of methoxy groups -OCH3 is 1. The van der Waals surface area contributed by atoms with Crippen LogP contribution in [0.1, 0.15) is 5.56 Å². The molecule has 0 spiro atoms. The monoisotopic (exact) mass is 862 g/mol. The number of fused-ring (bicyclic) bond motifs is 1. The van der Waals surface area contributed by atoms with Gasteiger partial charge in [0.1, 0.15) is 27.7 Å². The normalized spacial score (nSPS) is 13.0. The lowest BCUT2D eigenvalue weighted by Crippen LogP contribution is -2.15. The van der Waals surface area contributed by atoms with Gasteiger partial charge in [-0.3, -0.25) is 13.7 Å². The number of aryl methyl sites for hydroxylation is 1. The second-order valence-electron chi connectivity index (χ2n) is 11.7. The van der Waals surface area contributed by atoms with Crippen molar-refractivity contribution in [1.82, 2.24) is 0 Å². The van der Waals surface area contributed by atoms with Crippen LogP contribution in [0.2, 0.25) is 0 Å². The van der Waals surface area contributed by atoms with Crippen molar-refractivity contribution in [1.29, 1.82) is 0 Å². The number of hydrogen-bond acceptors (Lipinski definition) is 18. The predicted molar refractivity (Wildman–Crippen MR) is 205 cm³/mol. The topological polar surface area (TPSA) is 342 Å². The average molecular weight is 863 g/mol. The number of nitrogens with zero attached hydrogens (tertiary/aromatic N) is 6. The Morgan fingerprint density at radius 3 is 1.81 bits per heavy atom. The van der Waals surface area contributed by atoms with Gasteiger partial charge >= 0.3 is 10.4 Å². The summed E-state index contributed by atoms with van der Waals surface area (Å²) in [5, 5.41) is 24.9. The van der Waals surface area contributed by atoms with Crippen LogP contribution in [0.3, 0.4) is 0 Å². The molecule has 0 fully saturated rings. The summed E-state index contributed by atoms with van der Waals surface area (Å²) in [7, 11) is -17.1. The predicted octanol–water partition coefficient (Wildman–Crippen LogP) is 6.65. The summed E-state index contributed by atoms with van der Waals surface area (Å²) in [5.74, 6) is -0.435. The van der Waals surface area contributed by atoms with Crippen LogP contribution >= 0.6 is 0 Å². The highest BCUT2D eigenvalue weighted by Gasteiger charge is 2.23. The molecule has 25 heteroatoms. The van der Waals surface area contributed by atoms with Crippen molar-refractivity contribution in [3.05, 3.63) is 84.4 Å². The molecule has 0 saturated carbocycles. The van der Waals surface area contributed by atoms with E-state index in [4.69, 9.17) is 20.8 Å². The van der Waals surface area contributed by atoms with Gasteiger partial charge < -0.3 is 16.2 Å². The molecule has 300 valence electrons. The Morgan fingerprint density at radius 2 is 1.19 bits per heavy atom. The largest absolute Gasteiger partial charge is 0.494 e. The van der Waals surface area contributed by atoms with Crippen molar-refractivity contribution < 1.29 is 56.2 Å². The minimum Gasteiger partial charge on any atom is -0.494 e. The summed E-state index contributed by atoms with van der Waals surface area (Å²) >= 11 is 0. The Kier molecular flexibility index (Phi) is 12.1. The lowest BCUT2D eigenvalue weighted by atomic mass is 10.1. The fourth-order valence-electron chi connectivity index (χ4n) is 4.99. The van der Waals surface area contributed by atoms with E-state index in [9.17, 15) is 42.8 Å². The third-order valence-corrected chi connectivity index (χ3v) is 11.7. The molecule has 0 saturated heterocycles. The molecule has 5 aromatic carbocycles. The van der Waals surface area contributed by atoms with Gasteiger partial charge in [0.25, 0.3) is 20.2 Å². The third kappa shape index (κ3) is 10.3. The number of sulfone groups is 1. The van der Waals surface area contributed by atoms with Crippen LogP contribution in [0.4, 0.5) is 45.5 Å². The number of nitrogen functional groups attached to an aromatic ring is 2. The summed E-state index contributed by atoms with van der Waals surface area (Å²) < 4.78 is 133. The molecular formula is C32H30N8O13S4. The molecule has 7 N–H and O–H groups in total. The van der Waals surface area contributed by atoms with Gasteiger partial charge in [0.15, 0.2) is 9.84 Å². The zero-order chi connectivity index (χ0) is 41.9. The molecule has 0 amide bonds. The van der Waals surface area contributed by atoms with Gasteiger partial charge in [-0.2, -0.15) is 30.4 Å². The highest BCUT2D eigenvalue weighted by atomic mass is 32.3. The van der Waals surface area contributed by atoms with E-state index in [0.717, 1.165) is 35.9 Å². The zero-order valence-electron chi connectivity index (χ0n) is 29.3. The summed E-state index contributed by atoms with van der Waals surface area (Å²) in [5.41, 5.74) is 12.1. The number of ether oxygens (including phenoxy) is 1. The van der Waals surface area contributed by atoms with E-state index in [-0.39, 0.29) is 55.5 Å². The molecule has 0 aliphatic heterocycles. The van der Waals surface area contributed by atoms with Crippen molar-refractivity contribution in [3.63, 3.8) is 0 Å². The molecule has 5 rings (SSSR count). The summed E-state index contributed by atoms with van der Waals surface area (Å²) in [4.78, 5) is -1.54. The Hall–Kier alpha value is -5.80. The van der Waals surface area contributed by atoms with E-state index in [1.807, 2.05) is 0 Å². The minimum atomic E-state index is -4.96. The minimum absolute atomic E-state index is 0.0449. The molecule has 57 heavy (non-hydrogen) atoms. The summed E-state index contributed by atoms with van der Waals surface area (Å²) in [6.45, 7) is 0.964. The molecule has 0 atom stereocenters. The second-order valence-corrected chi connectivity index (χ2v) is 17.7.